The van der Waals surface area contributed by atoms with Crippen LogP contribution in [0.3, 0.4) is 0 Å². The van der Waals surface area contributed by atoms with Crippen molar-refractivity contribution in [3.8, 4) is 0 Å². The zero-order valence-corrected chi connectivity index (χ0v) is 10.6. The van der Waals surface area contributed by atoms with Crippen molar-refractivity contribution in [3.63, 3.8) is 0 Å². The molecule has 2 aromatic heterocycles. The quantitative estimate of drug-likeness (QED) is 0.718. The Kier molecular flexibility index (Phi) is 2.82. The van der Waals surface area contributed by atoms with Crippen molar-refractivity contribution in [1.82, 2.24) is 20.7 Å². The lowest BCUT2D eigenvalue weighted by atomic mass is 9.70. The van der Waals surface area contributed by atoms with Crippen molar-refractivity contribution in [2.24, 2.45) is 0 Å². The first kappa shape index (κ1) is 12.2. The molecule has 102 valence electrons. The molecule has 1 aliphatic rings. The summed E-state index contributed by atoms with van der Waals surface area (Å²) in [5, 5.41) is 13.9. The monoisotopic (exact) mass is 286 g/mol. The van der Waals surface area contributed by atoms with Gasteiger partial charge in [0, 0.05) is 10.5 Å². The Morgan fingerprint density at radius 2 is 1.68 bits per heavy atom. The minimum Gasteiger partial charge on any atom is -0.342 e. The van der Waals surface area contributed by atoms with Gasteiger partial charge in [-0.2, -0.15) is 8.42 Å². The van der Waals surface area contributed by atoms with E-state index in [1.807, 2.05) is 0 Å². The Bertz CT molecular complexity index is 598. The van der Waals surface area contributed by atoms with Gasteiger partial charge in [0.15, 0.2) is 11.5 Å². The molecule has 0 aromatic carbocycles. The van der Waals surface area contributed by atoms with Crippen LogP contribution in [0.15, 0.2) is 21.4 Å². The van der Waals surface area contributed by atoms with Gasteiger partial charge in [0.1, 0.15) is 0 Å². The maximum Gasteiger partial charge on any atom is 0.264 e. The summed E-state index contributed by atoms with van der Waals surface area (Å²) < 4.78 is 37.6. The van der Waals surface area contributed by atoms with Crippen LogP contribution in [-0.2, 0) is 14.3 Å². The maximum atomic E-state index is 11.3. The molecule has 0 aliphatic heterocycles. The molecular weight excluding hydrogens is 276 g/mol. The van der Waals surface area contributed by atoms with E-state index < -0.39 is 16.2 Å². The van der Waals surface area contributed by atoms with E-state index in [2.05, 4.69) is 20.7 Å². The van der Waals surface area contributed by atoms with Crippen LogP contribution >= 0.6 is 0 Å². The molecule has 0 bridgehead atoms. The molecule has 1 saturated carbocycles. The van der Waals surface area contributed by atoms with Gasteiger partial charge in [-0.1, -0.05) is 0 Å². The molecule has 10 heteroatoms. The van der Waals surface area contributed by atoms with Crippen molar-refractivity contribution in [2.45, 2.75) is 24.4 Å². The van der Waals surface area contributed by atoms with Crippen LogP contribution in [0.25, 0.3) is 0 Å². The zero-order chi connectivity index (χ0) is 13.5. The van der Waals surface area contributed by atoms with E-state index in [1.165, 1.54) is 12.4 Å². The van der Waals surface area contributed by atoms with E-state index >= 15 is 0 Å². The average Bonchev–Trinajstić information content (AvgIpc) is 2.96. The lowest BCUT2D eigenvalue weighted by Gasteiger charge is -2.39. The molecule has 0 spiro atoms. The fourth-order valence-corrected chi connectivity index (χ4v) is 2.87. The minimum absolute atomic E-state index is 0.236. The molecule has 19 heavy (non-hydrogen) atoms. The second kappa shape index (κ2) is 4.38. The van der Waals surface area contributed by atoms with Gasteiger partial charge in [0.25, 0.3) is 10.1 Å². The lowest BCUT2D eigenvalue weighted by molar-refractivity contribution is 0.0420. The molecular formula is C9H10N4O5S. The molecule has 2 unspecified atom stereocenters. The second-order valence-electron chi connectivity index (χ2n) is 4.35. The third-order valence-corrected chi connectivity index (χ3v) is 3.65. The summed E-state index contributed by atoms with van der Waals surface area (Å²) in [5.41, 5.74) is 0. The number of rotatable bonds is 4. The van der Waals surface area contributed by atoms with Crippen LogP contribution in [0.5, 0.6) is 0 Å². The molecule has 2 heterocycles. The Labute approximate surface area is 108 Å². The smallest absolute Gasteiger partial charge is 0.264 e. The van der Waals surface area contributed by atoms with Crippen LogP contribution in [0.1, 0.15) is 29.8 Å². The summed E-state index contributed by atoms with van der Waals surface area (Å²) >= 11 is 0. The molecule has 3 rings (SSSR count). The molecule has 0 amide bonds. The van der Waals surface area contributed by atoms with Crippen LogP contribution in [0, 0.1) is 0 Å². The van der Waals surface area contributed by atoms with Gasteiger partial charge in [0.2, 0.25) is 0 Å². The highest BCUT2D eigenvalue weighted by Gasteiger charge is 2.49. The normalized spacial score (nSPS) is 27.1. The van der Waals surface area contributed by atoms with Gasteiger partial charge in [-0.15, -0.1) is 10.2 Å². The zero-order valence-electron chi connectivity index (χ0n) is 9.83. The highest BCUT2D eigenvalue weighted by atomic mass is 32.2. The summed E-state index contributed by atoms with van der Waals surface area (Å²) in [6, 6.07) is 0. The third kappa shape index (κ3) is 2.36. The van der Waals surface area contributed by atoms with Gasteiger partial charge in [-0.05, 0) is 6.42 Å². The fourth-order valence-electron chi connectivity index (χ4n) is 2.19. The second-order valence-corrected chi connectivity index (χ2v) is 5.95. The SMILES string of the molecule is CS(=O)(=O)OC1C(c2cnno2)CC1c1cnno1. The van der Waals surface area contributed by atoms with Crippen molar-refractivity contribution in [2.75, 3.05) is 6.26 Å². The molecule has 0 N–H and O–H groups in total. The number of nitrogens with zero attached hydrogens (tertiary/aromatic N) is 4. The number of hydrogen-bond donors (Lipinski definition) is 0. The molecule has 2 aromatic rings. The summed E-state index contributed by atoms with van der Waals surface area (Å²) in [4.78, 5) is 0. The molecule has 9 nitrogen and oxygen atoms in total. The maximum absolute atomic E-state index is 11.3. The van der Waals surface area contributed by atoms with Gasteiger partial charge < -0.3 is 9.05 Å². The third-order valence-electron chi connectivity index (χ3n) is 3.07. The summed E-state index contributed by atoms with van der Waals surface area (Å²) in [5.74, 6) is 0.495. The standard InChI is InChI=1S/C9H10N4O5S/c1-19(14,15)18-9-5(7-3-10-12-16-7)2-6(9)8-4-11-13-17-8/h3-6,9H,2H2,1H3. The van der Waals surface area contributed by atoms with Crippen LogP contribution in [0.4, 0.5) is 0 Å². The minimum atomic E-state index is -3.60. The highest BCUT2D eigenvalue weighted by Crippen LogP contribution is 2.49. The topological polar surface area (TPSA) is 121 Å². The molecule has 1 aliphatic carbocycles. The lowest BCUT2D eigenvalue weighted by Crippen LogP contribution is -2.41. The Morgan fingerprint density at radius 1 is 1.16 bits per heavy atom. The highest BCUT2D eigenvalue weighted by molar-refractivity contribution is 7.86. The predicted octanol–water partition coefficient (Wildman–Crippen LogP) is 0.0685. The van der Waals surface area contributed by atoms with Crippen molar-refractivity contribution < 1.29 is 21.6 Å². The van der Waals surface area contributed by atoms with Crippen molar-refractivity contribution >= 4 is 10.1 Å². The summed E-state index contributed by atoms with van der Waals surface area (Å²) in [6.07, 6.45) is 3.85. The molecule has 2 atom stereocenters. The van der Waals surface area contributed by atoms with Crippen LogP contribution < -0.4 is 0 Å². The Hall–Kier alpha value is -1.81. The molecule has 0 radical (unpaired) electrons. The first-order chi connectivity index (χ1) is 9.04. The summed E-state index contributed by atoms with van der Waals surface area (Å²) in [6.45, 7) is 0. The number of hydrogen-bond acceptors (Lipinski definition) is 9. The van der Waals surface area contributed by atoms with Crippen molar-refractivity contribution in [1.29, 1.82) is 0 Å². The predicted molar refractivity (Wildman–Crippen MR) is 58.4 cm³/mol. The van der Waals surface area contributed by atoms with E-state index in [0.29, 0.717) is 17.9 Å². The Balaban J connectivity index is 1.85. The van der Waals surface area contributed by atoms with Crippen LogP contribution in [0.2, 0.25) is 0 Å². The van der Waals surface area contributed by atoms with Crippen molar-refractivity contribution in [3.05, 3.63) is 23.9 Å². The van der Waals surface area contributed by atoms with Gasteiger partial charge >= 0.3 is 0 Å². The van der Waals surface area contributed by atoms with Gasteiger partial charge in [-0.25, -0.2) is 0 Å². The van der Waals surface area contributed by atoms with E-state index in [-0.39, 0.29) is 11.8 Å². The average molecular weight is 286 g/mol. The fraction of sp³-hybridized carbons (Fsp3) is 0.556. The first-order valence-electron chi connectivity index (χ1n) is 5.47. The largest absolute Gasteiger partial charge is 0.342 e. The first-order valence-corrected chi connectivity index (χ1v) is 7.29. The van der Waals surface area contributed by atoms with Gasteiger partial charge in [-0.3, -0.25) is 4.18 Å². The molecule has 0 saturated heterocycles. The van der Waals surface area contributed by atoms with E-state index in [4.69, 9.17) is 13.2 Å². The number of aromatic nitrogens is 4. The summed E-state index contributed by atoms with van der Waals surface area (Å²) in [7, 11) is -3.60. The van der Waals surface area contributed by atoms with E-state index in [0.717, 1.165) is 6.26 Å². The Morgan fingerprint density at radius 3 is 2.05 bits per heavy atom. The van der Waals surface area contributed by atoms with E-state index in [1.54, 1.807) is 0 Å². The molecule has 1 fully saturated rings. The van der Waals surface area contributed by atoms with E-state index in [9.17, 15) is 8.42 Å². The van der Waals surface area contributed by atoms with Crippen LogP contribution in [-0.4, -0.2) is 41.5 Å². The van der Waals surface area contributed by atoms with Gasteiger partial charge in [0.05, 0.1) is 36.6 Å².